The largest absolute Gasteiger partial charge is 0.497 e. The Bertz CT molecular complexity index is 874. The highest BCUT2D eigenvalue weighted by Gasteiger charge is 2.21. The minimum atomic E-state index is -0.596. The zero-order valence-electron chi connectivity index (χ0n) is 17.0. The predicted molar refractivity (Wildman–Crippen MR) is 115 cm³/mol. The number of aryl methyl sites for hydroxylation is 1. The molecule has 5 heteroatoms. The molecule has 29 heavy (non-hydrogen) atoms. The summed E-state index contributed by atoms with van der Waals surface area (Å²) in [5.41, 5.74) is 3.59. The molecule has 2 amide bonds. The summed E-state index contributed by atoms with van der Waals surface area (Å²) in [6, 6.07) is 15.2. The van der Waals surface area contributed by atoms with Crippen molar-refractivity contribution in [3.8, 4) is 5.75 Å². The molecule has 0 fully saturated rings. The van der Waals surface area contributed by atoms with E-state index in [4.69, 9.17) is 4.74 Å². The number of benzene rings is 2. The summed E-state index contributed by atoms with van der Waals surface area (Å²) in [7, 11) is 1.61. The zero-order chi connectivity index (χ0) is 20.6. The second kappa shape index (κ2) is 9.92. The van der Waals surface area contributed by atoms with Gasteiger partial charge in [-0.15, -0.1) is 0 Å². The van der Waals surface area contributed by atoms with Crippen LogP contribution in [-0.2, 0) is 16.0 Å². The molecule has 0 radical (unpaired) electrons. The van der Waals surface area contributed by atoms with Gasteiger partial charge < -0.3 is 15.4 Å². The van der Waals surface area contributed by atoms with Gasteiger partial charge in [0.25, 0.3) is 0 Å². The van der Waals surface area contributed by atoms with Crippen LogP contribution in [0.15, 0.2) is 54.6 Å². The summed E-state index contributed by atoms with van der Waals surface area (Å²) in [5.74, 6) is 0.630. The van der Waals surface area contributed by atoms with Gasteiger partial charge in [-0.1, -0.05) is 36.4 Å². The van der Waals surface area contributed by atoms with Crippen LogP contribution in [0.25, 0.3) is 6.08 Å². The number of amides is 2. The monoisotopic (exact) mass is 392 g/mol. The van der Waals surface area contributed by atoms with Gasteiger partial charge in [-0.05, 0) is 61.1 Å². The first-order valence-corrected chi connectivity index (χ1v) is 10.0. The zero-order valence-corrected chi connectivity index (χ0v) is 17.0. The number of hydrogen-bond donors (Lipinski definition) is 2. The lowest BCUT2D eigenvalue weighted by Crippen LogP contribution is -2.45. The van der Waals surface area contributed by atoms with E-state index in [0.29, 0.717) is 12.5 Å². The van der Waals surface area contributed by atoms with Crippen LogP contribution in [0.5, 0.6) is 5.75 Å². The van der Waals surface area contributed by atoms with Crippen molar-refractivity contribution in [3.63, 3.8) is 0 Å². The van der Waals surface area contributed by atoms with Crippen LogP contribution < -0.4 is 15.4 Å². The second-order valence-electron chi connectivity index (χ2n) is 7.37. The molecule has 2 N–H and O–H groups in total. The molecule has 2 aromatic carbocycles. The average molecular weight is 392 g/mol. The van der Waals surface area contributed by atoms with Crippen molar-refractivity contribution < 1.29 is 14.3 Å². The van der Waals surface area contributed by atoms with Crippen LogP contribution in [-0.4, -0.2) is 31.5 Å². The van der Waals surface area contributed by atoms with E-state index in [1.165, 1.54) is 17.2 Å². The summed E-state index contributed by atoms with van der Waals surface area (Å²) in [6.45, 7) is 2.29. The van der Waals surface area contributed by atoms with E-state index in [1.807, 2.05) is 24.3 Å². The lowest BCUT2D eigenvalue weighted by atomic mass is 9.83. The van der Waals surface area contributed by atoms with Gasteiger partial charge in [0.2, 0.25) is 11.8 Å². The highest BCUT2D eigenvalue weighted by molar-refractivity contribution is 5.95. The summed E-state index contributed by atoms with van der Waals surface area (Å²) >= 11 is 0. The third kappa shape index (κ3) is 5.70. The normalized spacial score (nSPS) is 16.7. The number of ether oxygens (including phenoxy) is 1. The van der Waals surface area contributed by atoms with E-state index in [-0.39, 0.29) is 11.8 Å². The molecule has 3 rings (SSSR count). The van der Waals surface area contributed by atoms with Gasteiger partial charge in [-0.25, -0.2) is 0 Å². The van der Waals surface area contributed by atoms with Crippen LogP contribution in [0, 0.1) is 0 Å². The highest BCUT2D eigenvalue weighted by Crippen LogP contribution is 2.30. The van der Waals surface area contributed by atoms with Gasteiger partial charge in [0, 0.05) is 18.5 Å². The first kappa shape index (κ1) is 20.6. The fourth-order valence-electron chi connectivity index (χ4n) is 3.66. The van der Waals surface area contributed by atoms with Gasteiger partial charge in [-0.2, -0.15) is 0 Å². The molecule has 152 valence electrons. The SMILES string of the molecule is COc1ccc(/C=C/C(=O)NC(C)C(=O)NCC2CCCc3ccccc32)cc1. The van der Waals surface area contributed by atoms with E-state index >= 15 is 0 Å². The van der Waals surface area contributed by atoms with E-state index in [9.17, 15) is 9.59 Å². The Hall–Kier alpha value is -3.08. The number of methoxy groups -OCH3 is 1. The Morgan fingerprint density at radius 3 is 2.69 bits per heavy atom. The standard InChI is InChI=1S/C24H28N2O3/c1-17(26-23(27)15-12-18-10-13-21(29-2)14-11-18)24(28)25-16-20-8-5-7-19-6-3-4-9-22(19)20/h3-4,6,9-15,17,20H,5,7-8,16H2,1-2H3,(H,25,28)(H,26,27)/b15-12+. The topological polar surface area (TPSA) is 67.4 Å². The number of carbonyl (C=O) groups excluding carboxylic acids is 2. The van der Waals surface area contributed by atoms with Gasteiger partial charge in [0.15, 0.2) is 0 Å². The molecule has 0 heterocycles. The number of fused-ring (bicyclic) bond motifs is 1. The highest BCUT2D eigenvalue weighted by atomic mass is 16.5. The maximum absolute atomic E-state index is 12.4. The van der Waals surface area contributed by atoms with Crippen molar-refractivity contribution in [1.82, 2.24) is 10.6 Å². The molecule has 0 saturated heterocycles. The molecule has 1 aliphatic carbocycles. The molecular formula is C24H28N2O3. The molecule has 0 saturated carbocycles. The van der Waals surface area contributed by atoms with Gasteiger partial charge >= 0.3 is 0 Å². The average Bonchev–Trinajstić information content (AvgIpc) is 2.76. The molecule has 0 spiro atoms. The van der Waals surface area contributed by atoms with Gasteiger partial charge in [0.05, 0.1) is 7.11 Å². The molecule has 2 atom stereocenters. The number of hydrogen-bond acceptors (Lipinski definition) is 3. The molecule has 0 bridgehead atoms. The lowest BCUT2D eigenvalue weighted by molar-refractivity contribution is -0.126. The molecule has 5 nitrogen and oxygen atoms in total. The smallest absolute Gasteiger partial charge is 0.244 e. The van der Waals surface area contributed by atoms with Gasteiger partial charge in [0.1, 0.15) is 11.8 Å². The van der Waals surface area contributed by atoms with Crippen molar-refractivity contribution in [2.24, 2.45) is 0 Å². The third-order valence-corrected chi connectivity index (χ3v) is 5.31. The minimum absolute atomic E-state index is 0.167. The summed E-state index contributed by atoms with van der Waals surface area (Å²) in [4.78, 5) is 24.5. The number of rotatable bonds is 7. The van der Waals surface area contributed by atoms with E-state index in [0.717, 1.165) is 30.6 Å². The van der Waals surface area contributed by atoms with Crippen molar-refractivity contribution in [2.75, 3.05) is 13.7 Å². The maximum atomic E-state index is 12.4. The van der Waals surface area contributed by atoms with Crippen molar-refractivity contribution in [2.45, 2.75) is 38.1 Å². The predicted octanol–water partition coefficient (Wildman–Crippen LogP) is 3.45. The van der Waals surface area contributed by atoms with Gasteiger partial charge in [-0.3, -0.25) is 9.59 Å². The Labute approximate surface area is 172 Å². The Morgan fingerprint density at radius 2 is 1.93 bits per heavy atom. The summed E-state index contributed by atoms with van der Waals surface area (Å²) < 4.78 is 5.11. The van der Waals surface area contributed by atoms with E-state index < -0.39 is 6.04 Å². The number of nitrogens with one attached hydrogen (secondary N) is 2. The Balaban J connectivity index is 1.47. The van der Waals surface area contributed by atoms with Crippen molar-refractivity contribution in [1.29, 1.82) is 0 Å². The fraction of sp³-hybridized carbons (Fsp3) is 0.333. The molecule has 0 aliphatic heterocycles. The third-order valence-electron chi connectivity index (χ3n) is 5.31. The molecule has 2 aromatic rings. The van der Waals surface area contributed by atoms with E-state index in [1.54, 1.807) is 20.1 Å². The molecule has 2 unspecified atom stereocenters. The first-order chi connectivity index (χ1) is 14.1. The fourth-order valence-corrected chi connectivity index (χ4v) is 3.66. The van der Waals surface area contributed by atoms with Crippen LogP contribution in [0.2, 0.25) is 0 Å². The second-order valence-corrected chi connectivity index (χ2v) is 7.37. The van der Waals surface area contributed by atoms with Crippen LogP contribution >= 0.6 is 0 Å². The minimum Gasteiger partial charge on any atom is -0.497 e. The lowest BCUT2D eigenvalue weighted by Gasteiger charge is -2.26. The van der Waals surface area contributed by atoms with Crippen molar-refractivity contribution >= 4 is 17.9 Å². The molecular weight excluding hydrogens is 364 g/mol. The Kier molecular flexibility index (Phi) is 7.06. The van der Waals surface area contributed by atoms with Crippen LogP contribution in [0.4, 0.5) is 0 Å². The summed E-state index contributed by atoms with van der Waals surface area (Å²) in [5, 5.41) is 5.71. The number of carbonyl (C=O) groups is 2. The summed E-state index contributed by atoms with van der Waals surface area (Å²) in [6.07, 6.45) is 6.46. The first-order valence-electron chi connectivity index (χ1n) is 10.0. The quantitative estimate of drug-likeness (QED) is 0.709. The van der Waals surface area contributed by atoms with Crippen LogP contribution in [0.1, 0.15) is 42.4 Å². The van der Waals surface area contributed by atoms with Crippen molar-refractivity contribution in [3.05, 3.63) is 71.3 Å². The maximum Gasteiger partial charge on any atom is 0.244 e. The molecule has 0 aromatic heterocycles. The van der Waals surface area contributed by atoms with E-state index in [2.05, 4.69) is 34.9 Å². The van der Waals surface area contributed by atoms with Crippen LogP contribution in [0.3, 0.4) is 0 Å². The Morgan fingerprint density at radius 1 is 1.17 bits per heavy atom. The molecule has 1 aliphatic rings.